The van der Waals surface area contributed by atoms with Crippen LogP contribution in [0.1, 0.15) is 36.8 Å². The number of fused-ring (bicyclic) bond motifs is 3. The topological polar surface area (TPSA) is 105 Å². The highest BCUT2D eigenvalue weighted by Gasteiger charge is 2.71. The maximum absolute atomic E-state index is 14.2. The molecule has 0 spiro atoms. The highest BCUT2D eigenvalue weighted by Crippen LogP contribution is 2.55. The van der Waals surface area contributed by atoms with E-state index in [1.165, 1.54) is 0 Å². The summed E-state index contributed by atoms with van der Waals surface area (Å²) in [5, 5.41) is 13.6. The zero-order valence-electron chi connectivity index (χ0n) is 18.6. The molecule has 0 saturated heterocycles. The van der Waals surface area contributed by atoms with Crippen LogP contribution < -0.4 is 10.6 Å². The van der Waals surface area contributed by atoms with E-state index in [-0.39, 0.29) is 18.9 Å². The summed E-state index contributed by atoms with van der Waals surface area (Å²) in [6.45, 7) is 1.30. The van der Waals surface area contributed by atoms with Gasteiger partial charge in [0, 0.05) is 18.5 Å². The van der Waals surface area contributed by atoms with Crippen LogP contribution in [0.4, 0.5) is 13.6 Å². The van der Waals surface area contributed by atoms with Gasteiger partial charge in [0.05, 0.1) is 12.3 Å². The maximum atomic E-state index is 14.2. The van der Waals surface area contributed by atoms with Gasteiger partial charge < -0.3 is 20.5 Å². The highest BCUT2D eigenvalue weighted by molar-refractivity contribution is 5.84. The van der Waals surface area contributed by atoms with Crippen LogP contribution in [0.15, 0.2) is 48.5 Å². The Kier molecular flexibility index (Phi) is 6.54. The summed E-state index contributed by atoms with van der Waals surface area (Å²) < 4.78 is 33.7. The van der Waals surface area contributed by atoms with Crippen molar-refractivity contribution in [2.24, 2.45) is 11.8 Å². The first-order chi connectivity index (χ1) is 16.2. The molecular weight excluding hydrogens is 446 g/mol. The fourth-order valence-electron chi connectivity index (χ4n) is 4.64. The molecule has 4 rings (SSSR count). The van der Waals surface area contributed by atoms with Crippen LogP contribution in [0.3, 0.4) is 0 Å². The lowest BCUT2D eigenvalue weighted by Crippen LogP contribution is -2.38. The Labute approximate surface area is 195 Å². The Balaban J connectivity index is 1.30. The average Bonchev–Trinajstić information content (AvgIpc) is 3.22. The number of carboxylic acid groups (broad SMARTS) is 1. The molecule has 34 heavy (non-hydrogen) atoms. The number of ether oxygens (including phenoxy) is 1. The highest BCUT2D eigenvalue weighted by atomic mass is 19.3. The van der Waals surface area contributed by atoms with Gasteiger partial charge >= 0.3 is 12.1 Å². The van der Waals surface area contributed by atoms with E-state index in [4.69, 9.17) is 9.84 Å². The van der Waals surface area contributed by atoms with Gasteiger partial charge in [-0.05, 0) is 28.7 Å². The molecule has 2 amide bonds. The van der Waals surface area contributed by atoms with Gasteiger partial charge in [-0.1, -0.05) is 55.5 Å². The van der Waals surface area contributed by atoms with Crippen LogP contribution in [-0.2, 0) is 14.3 Å². The van der Waals surface area contributed by atoms with Crippen molar-refractivity contribution in [1.29, 1.82) is 0 Å². The first-order valence-corrected chi connectivity index (χ1v) is 11.2. The Bertz CT molecular complexity index is 1060. The smallest absolute Gasteiger partial charge is 0.407 e. The maximum Gasteiger partial charge on any atom is 0.407 e. The van der Waals surface area contributed by atoms with E-state index < -0.39 is 48.3 Å². The monoisotopic (exact) mass is 472 g/mol. The largest absolute Gasteiger partial charge is 0.481 e. The molecule has 2 aromatic rings. The number of carbonyl (C=O) groups is 3. The first kappa shape index (κ1) is 23.7. The predicted molar refractivity (Wildman–Crippen MR) is 119 cm³/mol. The number of alkyl carbamates (subject to hydrolysis) is 1. The second-order valence-corrected chi connectivity index (χ2v) is 8.68. The van der Waals surface area contributed by atoms with Crippen LogP contribution in [0.2, 0.25) is 0 Å². The lowest BCUT2D eigenvalue weighted by Gasteiger charge is -2.15. The summed E-state index contributed by atoms with van der Waals surface area (Å²) in [5.41, 5.74) is 4.22. The molecule has 0 unspecified atom stereocenters. The van der Waals surface area contributed by atoms with Crippen molar-refractivity contribution in [2.75, 3.05) is 13.2 Å². The van der Waals surface area contributed by atoms with E-state index in [0.29, 0.717) is 6.42 Å². The van der Waals surface area contributed by atoms with Gasteiger partial charge in [0.15, 0.2) is 0 Å². The van der Waals surface area contributed by atoms with E-state index in [2.05, 4.69) is 10.6 Å². The third-order valence-electron chi connectivity index (χ3n) is 6.55. The Morgan fingerprint density at radius 2 is 1.65 bits per heavy atom. The lowest BCUT2D eigenvalue weighted by molar-refractivity contribution is -0.137. The molecule has 2 aromatic carbocycles. The Morgan fingerprint density at radius 1 is 1.06 bits per heavy atom. The molecule has 1 saturated carbocycles. The molecule has 2 aliphatic carbocycles. The number of nitrogens with one attached hydrogen (secondary N) is 2. The number of halogens is 2. The summed E-state index contributed by atoms with van der Waals surface area (Å²) >= 11 is 0. The molecule has 0 heterocycles. The molecule has 7 nitrogen and oxygen atoms in total. The molecule has 0 radical (unpaired) electrons. The molecule has 2 aliphatic rings. The molecule has 1 fully saturated rings. The van der Waals surface area contributed by atoms with Gasteiger partial charge in [-0.3, -0.25) is 9.59 Å². The van der Waals surface area contributed by atoms with Crippen LogP contribution in [-0.4, -0.2) is 48.2 Å². The summed E-state index contributed by atoms with van der Waals surface area (Å²) in [6, 6.07) is 15.0. The van der Waals surface area contributed by atoms with Crippen molar-refractivity contribution >= 4 is 18.0 Å². The normalized spacial score (nSPS) is 20.6. The summed E-state index contributed by atoms with van der Waals surface area (Å²) in [7, 11) is 0. The van der Waals surface area contributed by atoms with Crippen LogP contribution >= 0.6 is 0 Å². The van der Waals surface area contributed by atoms with Gasteiger partial charge in [-0.25, -0.2) is 13.6 Å². The molecule has 3 N–H and O–H groups in total. The van der Waals surface area contributed by atoms with Crippen LogP contribution in [0, 0.1) is 11.8 Å². The number of carboxylic acids is 1. The number of carbonyl (C=O) groups excluding carboxylic acids is 2. The van der Waals surface area contributed by atoms with Crippen molar-refractivity contribution < 1.29 is 33.0 Å². The minimum absolute atomic E-state index is 0.0538. The van der Waals surface area contributed by atoms with Crippen molar-refractivity contribution in [2.45, 2.75) is 37.6 Å². The summed E-state index contributed by atoms with van der Waals surface area (Å²) in [5.74, 6) is -8.43. The van der Waals surface area contributed by atoms with Gasteiger partial charge in [0.25, 0.3) is 5.92 Å². The number of rotatable bonds is 9. The van der Waals surface area contributed by atoms with E-state index in [0.717, 1.165) is 22.3 Å². The molecule has 3 atom stereocenters. The standard InChI is InChI=1S/C25H26F2N2O5/c1-2-14(11-21(30)31)29-23(32)22-20(25(22,26)27)12-28-24(33)34-13-19-17-9-5-3-7-15(17)16-8-4-6-10-18(16)19/h3-10,14,19-20,22H,2,11-13H2,1H3,(H,28,33)(H,29,32)(H,30,31)/t14-,20+,22+/m1/s1. The van der Waals surface area contributed by atoms with Gasteiger partial charge in [-0.2, -0.15) is 0 Å². The van der Waals surface area contributed by atoms with Crippen molar-refractivity contribution in [1.82, 2.24) is 10.6 Å². The average molecular weight is 472 g/mol. The molecule has 0 aromatic heterocycles. The Morgan fingerprint density at radius 3 is 2.21 bits per heavy atom. The van der Waals surface area contributed by atoms with Gasteiger partial charge in [-0.15, -0.1) is 0 Å². The second-order valence-electron chi connectivity index (χ2n) is 8.68. The molecule has 180 valence electrons. The zero-order chi connectivity index (χ0) is 24.5. The fourth-order valence-corrected chi connectivity index (χ4v) is 4.64. The first-order valence-electron chi connectivity index (χ1n) is 11.2. The van der Waals surface area contributed by atoms with Crippen molar-refractivity contribution in [3.63, 3.8) is 0 Å². The van der Waals surface area contributed by atoms with E-state index >= 15 is 0 Å². The molecule has 0 aliphatic heterocycles. The summed E-state index contributed by atoms with van der Waals surface area (Å²) in [6.07, 6.45) is -0.872. The third kappa shape index (κ3) is 4.60. The number of hydrogen-bond acceptors (Lipinski definition) is 4. The number of benzene rings is 2. The van der Waals surface area contributed by atoms with E-state index in [9.17, 15) is 23.2 Å². The molecular formula is C25H26F2N2O5. The minimum Gasteiger partial charge on any atom is -0.481 e. The van der Waals surface area contributed by atoms with Gasteiger partial charge in [0.2, 0.25) is 5.91 Å². The fraction of sp³-hybridized carbons (Fsp3) is 0.400. The second kappa shape index (κ2) is 9.40. The number of amides is 2. The predicted octanol–water partition coefficient (Wildman–Crippen LogP) is 3.78. The number of hydrogen-bond donors (Lipinski definition) is 3. The Hall–Kier alpha value is -3.49. The van der Waals surface area contributed by atoms with E-state index in [1.54, 1.807) is 6.92 Å². The van der Waals surface area contributed by atoms with Crippen LogP contribution in [0.25, 0.3) is 11.1 Å². The lowest BCUT2D eigenvalue weighted by atomic mass is 9.98. The SMILES string of the molecule is CC[C@H](CC(=O)O)NC(=O)[C@@H]1[C@H](CNC(=O)OCC2c3ccccc3-c3ccccc32)C1(F)F. The van der Waals surface area contributed by atoms with Gasteiger partial charge in [0.1, 0.15) is 12.5 Å². The van der Waals surface area contributed by atoms with E-state index in [1.807, 2.05) is 48.5 Å². The molecule has 0 bridgehead atoms. The van der Waals surface area contributed by atoms with Crippen molar-refractivity contribution in [3.05, 3.63) is 59.7 Å². The number of aliphatic carboxylic acids is 1. The van der Waals surface area contributed by atoms with Crippen LogP contribution in [0.5, 0.6) is 0 Å². The third-order valence-corrected chi connectivity index (χ3v) is 6.55. The molecule has 9 heteroatoms. The zero-order valence-corrected chi connectivity index (χ0v) is 18.6. The number of alkyl halides is 2. The minimum atomic E-state index is -3.28. The quantitative estimate of drug-likeness (QED) is 0.515. The summed E-state index contributed by atoms with van der Waals surface area (Å²) in [4.78, 5) is 35.3. The van der Waals surface area contributed by atoms with Crippen molar-refractivity contribution in [3.8, 4) is 11.1 Å².